The van der Waals surface area contributed by atoms with Gasteiger partial charge in [-0.3, -0.25) is 0 Å². The van der Waals surface area contributed by atoms with Gasteiger partial charge in [0.2, 0.25) is 0 Å². The van der Waals surface area contributed by atoms with Crippen molar-refractivity contribution in [1.29, 1.82) is 0 Å². The number of benzene rings is 1. The summed E-state index contributed by atoms with van der Waals surface area (Å²) in [5, 5.41) is 0. The summed E-state index contributed by atoms with van der Waals surface area (Å²) in [5.74, 6) is 0.555. The second kappa shape index (κ2) is 15.0. The Balaban J connectivity index is 2.59. The summed E-state index contributed by atoms with van der Waals surface area (Å²) in [6.45, 7) is 11.6. The minimum absolute atomic E-state index is 0.321. The number of ether oxygens (including phenoxy) is 2. The number of esters is 2. The first kappa shape index (κ1) is 26.2. The summed E-state index contributed by atoms with van der Waals surface area (Å²) in [6.07, 6.45) is 9.14. The Labute approximate surface area is 183 Å². The summed E-state index contributed by atoms with van der Waals surface area (Å²) in [7, 11) is 0. The minimum atomic E-state index is -0.432. The molecule has 0 radical (unpaired) electrons. The Morgan fingerprint density at radius 2 is 1.30 bits per heavy atom. The van der Waals surface area contributed by atoms with E-state index in [9.17, 15) is 9.59 Å². The molecule has 0 saturated heterocycles. The van der Waals surface area contributed by atoms with E-state index in [0.717, 1.165) is 44.1 Å². The second-order valence-electron chi connectivity index (χ2n) is 8.95. The van der Waals surface area contributed by atoms with Crippen LogP contribution in [-0.2, 0) is 15.9 Å². The van der Waals surface area contributed by atoms with E-state index in [0.29, 0.717) is 42.6 Å². The fourth-order valence-electron chi connectivity index (χ4n) is 3.45. The van der Waals surface area contributed by atoms with E-state index >= 15 is 0 Å². The molecule has 0 saturated carbocycles. The molecule has 0 unspecified atom stereocenters. The molecule has 1 aromatic rings. The topological polar surface area (TPSA) is 52.6 Å². The van der Waals surface area contributed by atoms with Gasteiger partial charge in [-0.2, -0.15) is 0 Å². The van der Waals surface area contributed by atoms with Crippen LogP contribution in [0.4, 0.5) is 0 Å². The van der Waals surface area contributed by atoms with Gasteiger partial charge in [0.15, 0.2) is 0 Å². The number of carbonyl (C=O) groups is 2. The van der Waals surface area contributed by atoms with Crippen LogP contribution in [0.5, 0.6) is 0 Å². The maximum absolute atomic E-state index is 12.7. The van der Waals surface area contributed by atoms with Crippen LogP contribution in [0.3, 0.4) is 0 Å². The number of carbonyl (C=O) groups excluding carboxylic acids is 2. The summed E-state index contributed by atoms with van der Waals surface area (Å²) in [6, 6.07) is 5.35. The Morgan fingerprint density at radius 3 is 1.80 bits per heavy atom. The van der Waals surface area contributed by atoms with Gasteiger partial charge < -0.3 is 9.47 Å². The third-order valence-corrected chi connectivity index (χ3v) is 5.27. The zero-order chi connectivity index (χ0) is 22.4. The van der Waals surface area contributed by atoms with E-state index in [-0.39, 0.29) is 0 Å². The highest BCUT2D eigenvalue weighted by atomic mass is 16.5. The lowest BCUT2D eigenvalue weighted by Gasteiger charge is -2.13. The van der Waals surface area contributed by atoms with E-state index in [1.807, 2.05) is 13.0 Å². The molecule has 0 atom stereocenters. The maximum atomic E-state index is 12.7. The van der Waals surface area contributed by atoms with E-state index in [4.69, 9.17) is 9.47 Å². The van der Waals surface area contributed by atoms with Crippen LogP contribution in [0.25, 0.3) is 0 Å². The molecule has 0 aliphatic carbocycles. The van der Waals surface area contributed by atoms with Crippen molar-refractivity contribution in [1.82, 2.24) is 0 Å². The first-order valence-electron chi connectivity index (χ1n) is 11.8. The van der Waals surface area contributed by atoms with Crippen molar-refractivity contribution in [2.75, 3.05) is 13.2 Å². The average molecular weight is 419 g/mol. The fourth-order valence-corrected chi connectivity index (χ4v) is 3.45. The van der Waals surface area contributed by atoms with Crippen LogP contribution in [0.2, 0.25) is 0 Å². The molecule has 0 fully saturated rings. The zero-order valence-corrected chi connectivity index (χ0v) is 19.8. The van der Waals surface area contributed by atoms with Gasteiger partial charge in [0, 0.05) is 0 Å². The molecular weight excluding hydrogens is 376 g/mol. The van der Waals surface area contributed by atoms with Crippen LogP contribution in [0.15, 0.2) is 18.2 Å². The minimum Gasteiger partial charge on any atom is -0.462 e. The summed E-state index contributed by atoms with van der Waals surface area (Å²) >= 11 is 0. The lowest BCUT2D eigenvalue weighted by molar-refractivity contribution is 0.0449. The normalized spacial score (nSPS) is 11.2. The molecule has 0 bridgehead atoms. The Hall–Kier alpha value is -1.84. The molecular formula is C26H42O4. The van der Waals surface area contributed by atoms with Crippen LogP contribution in [0.1, 0.15) is 112 Å². The quantitative estimate of drug-likeness (QED) is 0.227. The van der Waals surface area contributed by atoms with Crippen molar-refractivity contribution < 1.29 is 19.1 Å². The first-order chi connectivity index (χ1) is 14.4. The van der Waals surface area contributed by atoms with E-state index in [1.165, 1.54) is 12.8 Å². The van der Waals surface area contributed by atoms with E-state index < -0.39 is 11.9 Å². The smallest absolute Gasteiger partial charge is 0.339 e. The molecule has 0 aliphatic heterocycles. The highest BCUT2D eigenvalue weighted by Crippen LogP contribution is 2.19. The van der Waals surface area contributed by atoms with Gasteiger partial charge >= 0.3 is 11.9 Å². The van der Waals surface area contributed by atoms with Gasteiger partial charge in [0.05, 0.1) is 24.3 Å². The highest BCUT2D eigenvalue weighted by Gasteiger charge is 2.22. The maximum Gasteiger partial charge on any atom is 0.339 e. The average Bonchev–Trinajstić information content (AvgIpc) is 2.71. The van der Waals surface area contributed by atoms with Crippen molar-refractivity contribution in [3.8, 4) is 0 Å². The van der Waals surface area contributed by atoms with Crippen molar-refractivity contribution in [3.63, 3.8) is 0 Å². The monoisotopic (exact) mass is 418 g/mol. The molecule has 0 spiro atoms. The lowest BCUT2D eigenvalue weighted by atomic mass is 9.99. The van der Waals surface area contributed by atoms with Gasteiger partial charge in [0.1, 0.15) is 0 Å². The van der Waals surface area contributed by atoms with Gasteiger partial charge in [-0.15, -0.1) is 0 Å². The number of unbranched alkanes of at least 4 members (excludes halogenated alkanes) is 4. The molecule has 1 rings (SSSR count). The van der Waals surface area contributed by atoms with Crippen molar-refractivity contribution in [2.24, 2.45) is 11.8 Å². The van der Waals surface area contributed by atoms with Crippen LogP contribution < -0.4 is 0 Å². The van der Waals surface area contributed by atoms with E-state index in [1.54, 1.807) is 12.1 Å². The summed E-state index contributed by atoms with van der Waals surface area (Å²) in [5.41, 5.74) is 1.51. The van der Waals surface area contributed by atoms with Crippen molar-refractivity contribution >= 4 is 11.9 Å². The molecule has 4 heteroatoms. The molecule has 0 heterocycles. The number of rotatable bonds is 15. The zero-order valence-electron chi connectivity index (χ0n) is 19.8. The van der Waals surface area contributed by atoms with Crippen molar-refractivity contribution in [3.05, 3.63) is 34.9 Å². The first-order valence-corrected chi connectivity index (χ1v) is 11.8. The Bertz CT molecular complexity index is 634. The third-order valence-electron chi connectivity index (χ3n) is 5.27. The Morgan fingerprint density at radius 1 is 0.767 bits per heavy atom. The van der Waals surface area contributed by atoms with Crippen molar-refractivity contribution in [2.45, 2.75) is 92.4 Å². The SMILES string of the molecule is CCc1cccc(C(=O)OCCCCCC(C)C)c1C(=O)OCCCCCC(C)C. The summed E-state index contributed by atoms with van der Waals surface area (Å²) < 4.78 is 11.0. The van der Waals surface area contributed by atoms with E-state index in [2.05, 4.69) is 27.7 Å². The molecule has 30 heavy (non-hydrogen) atoms. The largest absolute Gasteiger partial charge is 0.462 e. The summed E-state index contributed by atoms with van der Waals surface area (Å²) in [4.78, 5) is 25.4. The molecule has 170 valence electrons. The standard InChI is InChI=1S/C26H42O4/c1-6-22-16-13-17-23(25(27)29-18-11-7-9-14-20(2)3)24(22)26(28)30-19-12-8-10-15-21(4)5/h13,16-17,20-21H,6-12,14-15,18-19H2,1-5H3. The van der Waals surface area contributed by atoms with Gasteiger partial charge in [-0.05, 0) is 42.7 Å². The second-order valence-corrected chi connectivity index (χ2v) is 8.95. The van der Waals surface area contributed by atoms with Crippen LogP contribution in [0, 0.1) is 11.8 Å². The number of aryl methyl sites for hydroxylation is 1. The molecule has 0 N–H and O–H groups in total. The van der Waals surface area contributed by atoms with Gasteiger partial charge in [0.25, 0.3) is 0 Å². The van der Waals surface area contributed by atoms with Crippen LogP contribution >= 0.6 is 0 Å². The molecule has 1 aromatic carbocycles. The van der Waals surface area contributed by atoms with Gasteiger partial charge in [-0.1, -0.05) is 85.3 Å². The highest BCUT2D eigenvalue weighted by molar-refractivity contribution is 6.04. The van der Waals surface area contributed by atoms with Gasteiger partial charge in [-0.25, -0.2) is 9.59 Å². The van der Waals surface area contributed by atoms with Crippen LogP contribution in [-0.4, -0.2) is 25.2 Å². The third kappa shape index (κ3) is 10.3. The predicted octanol–water partition coefficient (Wildman–Crippen LogP) is 7.00. The predicted molar refractivity (Wildman–Crippen MR) is 123 cm³/mol. The number of hydrogen-bond acceptors (Lipinski definition) is 4. The Kier molecular flexibility index (Phi) is 13.1. The molecule has 0 aromatic heterocycles. The number of hydrogen-bond donors (Lipinski definition) is 0. The molecule has 4 nitrogen and oxygen atoms in total. The molecule has 0 amide bonds. The molecule has 0 aliphatic rings. The fraction of sp³-hybridized carbons (Fsp3) is 0.692. The lowest BCUT2D eigenvalue weighted by Crippen LogP contribution is -2.17.